The molecule has 1 fully saturated rings. The first-order valence-electron chi connectivity index (χ1n) is 9.65. The lowest BCUT2D eigenvalue weighted by Gasteiger charge is -2.34. The minimum absolute atomic E-state index is 0.208. The molecular formula is C22H24N6O. The minimum atomic E-state index is -0.208. The smallest absolute Gasteiger partial charge is 0.257 e. The van der Waals surface area contributed by atoms with Crippen molar-refractivity contribution in [1.82, 2.24) is 14.9 Å². The topological polar surface area (TPSA) is 73.4 Å². The molecule has 0 spiro atoms. The van der Waals surface area contributed by atoms with Crippen LogP contribution in [0.25, 0.3) is 0 Å². The molecule has 148 valence electrons. The number of benzene rings is 1. The summed E-state index contributed by atoms with van der Waals surface area (Å²) in [6.45, 7) is 4.29. The van der Waals surface area contributed by atoms with Gasteiger partial charge in [0.2, 0.25) is 0 Å². The number of nitrogens with zero attached hydrogens (tertiary/aromatic N) is 4. The molecule has 1 saturated heterocycles. The monoisotopic (exact) mass is 388 g/mol. The first-order chi connectivity index (χ1) is 14.2. The summed E-state index contributed by atoms with van der Waals surface area (Å²) in [4.78, 5) is 25.3. The largest absolute Gasteiger partial charge is 0.369 e. The number of piperazine rings is 1. The Labute approximate surface area is 170 Å². The van der Waals surface area contributed by atoms with Gasteiger partial charge in [0.05, 0.1) is 17.4 Å². The van der Waals surface area contributed by atoms with Crippen LogP contribution in [0.4, 0.5) is 22.9 Å². The van der Waals surface area contributed by atoms with Crippen LogP contribution in [0.2, 0.25) is 0 Å². The van der Waals surface area contributed by atoms with E-state index >= 15 is 0 Å². The molecule has 0 saturated carbocycles. The highest BCUT2D eigenvalue weighted by atomic mass is 16.1. The number of aromatic nitrogens is 2. The SMILES string of the molecule is CN1CCN(c2ccc(Nc3ccc(NC(=O)c4cccnc4)cn3)cc2)CC1. The van der Waals surface area contributed by atoms with Crippen molar-refractivity contribution in [1.29, 1.82) is 0 Å². The van der Waals surface area contributed by atoms with Gasteiger partial charge in [0.15, 0.2) is 0 Å². The van der Waals surface area contributed by atoms with Gasteiger partial charge in [-0.05, 0) is 55.6 Å². The third-order valence-electron chi connectivity index (χ3n) is 4.95. The molecular weight excluding hydrogens is 364 g/mol. The van der Waals surface area contributed by atoms with Gasteiger partial charge in [-0.15, -0.1) is 0 Å². The van der Waals surface area contributed by atoms with Gasteiger partial charge in [-0.3, -0.25) is 9.78 Å². The molecule has 7 heteroatoms. The van der Waals surface area contributed by atoms with Gasteiger partial charge in [-0.25, -0.2) is 4.98 Å². The Balaban J connectivity index is 1.34. The van der Waals surface area contributed by atoms with Gasteiger partial charge >= 0.3 is 0 Å². The normalized spacial score (nSPS) is 14.4. The summed E-state index contributed by atoms with van der Waals surface area (Å²) in [7, 11) is 2.16. The lowest BCUT2D eigenvalue weighted by atomic mass is 10.2. The van der Waals surface area contributed by atoms with Crippen molar-refractivity contribution in [3.8, 4) is 0 Å². The number of rotatable bonds is 5. The van der Waals surface area contributed by atoms with Crippen LogP contribution in [0.1, 0.15) is 10.4 Å². The van der Waals surface area contributed by atoms with Crippen molar-refractivity contribution in [2.45, 2.75) is 0 Å². The van der Waals surface area contributed by atoms with Crippen molar-refractivity contribution >= 4 is 28.8 Å². The van der Waals surface area contributed by atoms with E-state index in [0.717, 1.165) is 37.7 Å². The number of carbonyl (C=O) groups excluding carboxylic acids is 1. The Bertz CT molecular complexity index is 935. The first kappa shape index (κ1) is 18.9. The standard InChI is InChI=1S/C22H24N6O/c1-27-11-13-28(14-12-27)20-7-4-18(5-8-20)25-21-9-6-19(16-24-21)26-22(29)17-3-2-10-23-15-17/h2-10,15-16H,11-14H2,1H3,(H,24,25)(H,26,29). The maximum atomic E-state index is 12.2. The van der Waals surface area contributed by atoms with E-state index in [1.807, 2.05) is 12.1 Å². The second-order valence-corrected chi connectivity index (χ2v) is 7.09. The molecule has 29 heavy (non-hydrogen) atoms. The maximum Gasteiger partial charge on any atom is 0.257 e. The summed E-state index contributed by atoms with van der Waals surface area (Å²) in [5.74, 6) is 0.511. The van der Waals surface area contributed by atoms with Gasteiger partial charge in [-0.2, -0.15) is 0 Å². The van der Waals surface area contributed by atoms with Crippen LogP contribution >= 0.6 is 0 Å². The Kier molecular flexibility index (Phi) is 5.67. The molecule has 4 rings (SSSR count). The number of hydrogen-bond donors (Lipinski definition) is 2. The van der Waals surface area contributed by atoms with E-state index in [0.29, 0.717) is 11.3 Å². The van der Waals surface area contributed by atoms with E-state index < -0.39 is 0 Å². The zero-order chi connectivity index (χ0) is 20.1. The van der Waals surface area contributed by atoms with Crippen molar-refractivity contribution in [3.05, 3.63) is 72.7 Å². The fraction of sp³-hybridized carbons (Fsp3) is 0.227. The summed E-state index contributed by atoms with van der Waals surface area (Å²) in [6.07, 6.45) is 4.80. The van der Waals surface area contributed by atoms with Crippen LogP contribution < -0.4 is 15.5 Å². The summed E-state index contributed by atoms with van der Waals surface area (Å²) >= 11 is 0. The predicted octanol–water partition coefficient (Wildman–Crippen LogP) is 3.22. The first-order valence-corrected chi connectivity index (χ1v) is 9.65. The maximum absolute atomic E-state index is 12.2. The Morgan fingerprint density at radius 3 is 2.34 bits per heavy atom. The van der Waals surface area contributed by atoms with Crippen LogP contribution in [-0.4, -0.2) is 54.0 Å². The molecule has 0 aliphatic carbocycles. The number of pyridine rings is 2. The van der Waals surface area contributed by atoms with E-state index in [1.165, 1.54) is 11.9 Å². The quantitative estimate of drug-likeness (QED) is 0.699. The predicted molar refractivity (Wildman–Crippen MR) is 116 cm³/mol. The van der Waals surface area contributed by atoms with Crippen molar-refractivity contribution in [3.63, 3.8) is 0 Å². The van der Waals surface area contributed by atoms with Gasteiger partial charge < -0.3 is 20.4 Å². The van der Waals surface area contributed by atoms with E-state index in [9.17, 15) is 4.79 Å². The van der Waals surface area contributed by atoms with Crippen LogP contribution in [-0.2, 0) is 0 Å². The molecule has 0 unspecified atom stereocenters. The third kappa shape index (κ3) is 4.89. The van der Waals surface area contributed by atoms with Crippen molar-refractivity contribution in [2.75, 3.05) is 48.8 Å². The number of nitrogens with one attached hydrogen (secondary N) is 2. The molecule has 1 aliphatic heterocycles. The molecule has 0 radical (unpaired) electrons. The van der Waals surface area contributed by atoms with Gasteiger partial charge in [0.25, 0.3) is 5.91 Å². The molecule has 7 nitrogen and oxygen atoms in total. The number of amides is 1. The van der Waals surface area contributed by atoms with Gasteiger partial charge in [0, 0.05) is 49.9 Å². The molecule has 0 bridgehead atoms. The zero-order valence-corrected chi connectivity index (χ0v) is 16.4. The van der Waals surface area contributed by atoms with Crippen LogP contribution in [0.3, 0.4) is 0 Å². The fourth-order valence-corrected chi connectivity index (χ4v) is 3.21. The number of anilines is 4. The highest BCUT2D eigenvalue weighted by molar-refractivity contribution is 6.03. The summed E-state index contributed by atoms with van der Waals surface area (Å²) < 4.78 is 0. The highest BCUT2D eigenvalue weighted by Gasteiger charge is 2.14. The number of carbonyl (C=O) groups is 1. The average molecular weight is 388 g/mol. The highest BCUT2D eigenvalue weighted by Crippen LogP contribution is 2.22. The lowest BCUT2D eigenvalue weighted by Crippen LogP contribution is -2.44. The molecule has 1 aromatic carbocycles. The summed E-state index contributed by atoms with van der Waals surface area (Å²) in [6, 6.07) is 15.5. The van der Waals surface area contributed by atoms with Crippen molar-refractivity contribution in [2.24, 2.45) is 0 Å². The van der Waals surface area contributed by atoms with Gasteiger partial charge in [0.1, 0.15) is 5.82 Å². The van der Waals surface area contributed by atoms with E-state index in [2.05, 4.69) is 61.7 Å². The minimum Gasteiger partial charge on any atom is -0.369 e. The van der Waals surface area contributed by atoms with E-state index in [-0.39, 0.29) is 5.91 Å². The molecule has 2 aromatic heterocycles. The molecule has 0 atom stereocenters. The average Bonchev–Trinajstić information content (AvgIpc) is 2.77. The molecule has 2 N–H and O–H groups in total. The second kappa shape index (κ2) is 8.70. The van der Waals surface area contributed by atoms with E-state index in [1.54, 1.807) is 24.5 Å². The molecule has 3 aromatic rings. The lowest BCUT2D eigenvalue weighted by molar-refractivity contribution is 0.102. The van der Waals surface area contributed by atoms with Gasteiger partial charge in [-0.1, -0.05) is 0 Å². The Hall–Kier alpha value is -3.45. The van der Waals surface area contributed by atoms with Crippen LogP contribution in [0, 0.1) is 0 Å². The summed E-state index contributed by atoms with van der Waals surface area (Å²) in [5, 5.41) is 6.11. The molecule has 3 heterocycles. The summed E-state index contributed by atoms with van der Waals surface area (Å²) in [5.41, 5.74) is 3.36. The third-order valence-corrected chi connectivity index (χ3v) is 4.95. The Morgan fingerprint density at radius 1 is 0.931 bits per heavy atom. The molecule has 1 amide bonds. The number of hydrogen-bond acceptors (Lipinski definition) is 6. The molecule has 1 aliphatic rings. The van der Waals surface area contributed by atoms with Crippen molar-refractivity contribution < 1.29 is 4.79 Å². The van der Waals surface area contributed by atoms with Crippen LogP contribution in [0.5, 0.6) is 0 Å². The van der Waals surface area contributed by atoms with E-state index in [4.69, 9.17) is 0 Å². The second-order valence-electron chi connectivity index (χ2n) is 7.09. The Morgan fingerprint density at radius 2 is 1.69 bits per heavy atom. The van der Waals surface area contributed by atoms with Crippen LogP contribution in [0.15, 0.2) is 67.1 Å². The fourth-order valence-electron chi connectivity index (χ4n) is 3.21. The zero-order valence-electron chi connectivity index (χ0n) is 16.4. The number of likely N-dealkylation sites (N-methyl/N-ethyl adjacent to an activating group) is 1.